The molecule has 1 aromatic carbocycles. The summed E-state index contributed by atoms with van der Waals surface area (Å²) in [5, 5.41) is 2.69. The van der Waals surface area contributed by atoms with Crippen LogP contribution in [-0.4, -0.2) is 40.7 Å². The van der Waals surface area contributed by atoms with E-state index in [1.165, 1.54) is 13.8 Å². The predicted octanol–water partition coefficient (Wildman–Crippen LogP) is 2.46. The van der Waals surface area contributed by atoms with Crippen molar-refractivity contribution in [3.8, 4) is 0 Å². The summed E-state index contributed by atoms with van der Waals surface area (Å²) < 4.78 is 5.24. The molecule has 7 nitrogen and oxygen atoms in total. The standard InChI is InChI=1S/C22H26N2O5/c1-4-15-9-11-16(12-10-15)23-19(25)14(3)29-22(28)13(2)24-20(26)17-7-5-6-8-18(17)21(24)27/h5-6,9-14,17-18H,4,7-8H2,1-3H3,(H,23,25)/t13-,14-,17-,18-/m0/s1. The third-order valence-corrected chi connectivity index (χ3v) is 5.56. The van der Waals surface area contributed by atoms with Crippen LogP contribution in [0.25, 0.3) is 0 Å². The summed E-state index contributed by atoms with van der Waals surface area (Å²) in [5.41, 5.74) is 1.75. The lowest BCUT2D eigenvalue weighted by molar-refractivity contribution is -0.163. The first-order valence-electron chi connectivity index (χ1n) is 9.95. The predicted molar refractivity (Wildman–Crippen MR) is 107 cm³/mol. The van der Waals surface area contributed by atoms with Gasteiger partial charge in [0.2, 0.25) is 11.8 Å². The number of nitrogens with zero attached hydrogens (tertiary/aromatic N) is 1. The van der Waals surface area contributed by atoms with Gasteiger partial charge in [-0.2, -0.15) is 0 Å². The number of aryl methyl sites for hydroxylation is 1. The van der Waals surface area contributed by atoms with E-state index in [4.69, 9.17) is 4.74 Å². The molecule has 7 heteroatoms. The second kappa shape index (κ2) is 8.59. The van der Waals surface area contributed by atoms with Crippen molar-refractivity contribution < 1.29 is 23.9 Å². The van der Waals surface area contributed by atoms with Gasteiger partial charge in [0.25, 0.3) is 5.91 Å². The number of carbonyl (C=O) groups excluding carboxylic acids is 4. The Hall–Kier alpha value is -2.96. The topological polar surface area (TPSA) is 92.8 Å². The molecule has 154 valence electrons. The van der Waals surface area contributed by atoms with Crippen molar-refractivity contribution >= 4 is 29.4 Å². The fourth-order valence-corrected chi connectivity index (χ4v) is 3.71. The monoisotopic (exact) mass is 398 g/mol. The van der Waals surface area contributed by atoms with Crippen LogP contribution in [0.3, 0.4) is 0 Å². The quantitative estimate of drug-likeness (QED) is 0.451. The number of esters is 1. The number of carbonyl (C=O) groups is 4. The molecule has 3 amide bonds. The van der Waals surface area contributed by atoms with E-state index in [-0.39, 0.29) is 11.8 Å². The second-order valence-electron chi connectivity index (χ2n) is 7.50. The van der Waals surface area contributed by atoms with Crippen molar-refractivity contribution in [3.05, 3.63) is 42.0 Å². The Labute approximate surface area is 170 Å². The Balaban J connectivity index is 1.59. The molecule has 4 atom stereocenters. The molecule has 1 aromatic rings. The number of imide groups is 1. The summed E-state index contributed by atoms with van der Waals surface area (Å²) in [6, 6.07) is 6.32. The first-order valence-corrected chi connectivity index (χ1v) is 9.95. The number of benzene rings is 1. The molecule has 0 radical (unpaired) electrons. The lowest BCUT2D eigenvalue weighted by Gasteiger charge is -2.23. The second-order valence-corrected chi connectivity index (χ2v) is 7.50. The number of hydrogen-bond donors (Lipinski definition) is 1. The molecule has 1 aliphatic carbocycles. The minimum absolute atomic E-state index is 0.345. The molecular weight excluding hydrogens is 372 g/mol. The van der Waals surface area contributed by atoms with Crippen LogP contribution < -0.4 is 5.32 Å². The van der Waals surface area contributed by atoms with Crippen LogP contribution >= 0.6 is 0 Å². The van der Waals surface area contributed by atoms with Gasteiger partial charge in [0, 0.05) is 5.69 Å². The summed E-state index contributed by atoms with van der Waals surface area (Å²) >= 11 is 0. The minimum atomic E-state index is -1.07. The van der Waals surface area contributed by atoms with Crippen molar-refractivity contribution in [1.29, 1.82) is 0 Å². The maximum atomic E-state index is 12.6. The highest BCUT2D eigenvalue weighted by atomic mass is 16.5. The number of fused-ring (bicyclic) bond motifs is 1. The van der Waals surface area contributed by atoms with Gasteiger partial charge in [0.15, 0.2) is 6.10 Å². The van der Waals surface area contributed by atoms with Gasteiger partial charge in [-0.1, -0.05) is 31.2 Å². The van der Waals surface area contributed by atoms with Gasteiger partial charge >= 0.3 is 5.97 Å². The number of hydrogen-bond acceptors (Lipinski definition) is 5. The molecule has 3 rings (SSSR count). The normalized spacial score (nSPS) is 22.8. The van der Waals surface area contributed by atoms with Gasteiger partial charge in [-0.15, -0.1) is 0 Å². The zero-order valence-electron chi connectivity index (χ0n) is 16.9. The Morgan fingerprint density at radius 3 is 2.14 bits per heavy atom. The Morgan fingerprint density at radius 2 is 1.62 bits per heavy atom. The van der Waals surface area contributed by atoms with Gasteiger partial charge in [0.05, 0.1) is 11.8 Å². The Bertz CT molecular complexity index is 819. The highest BCUT2D eigenvalue weighted by molar-refractivity contribution is 6.08. The fourth-order valence-electron chi connectivity index (χ4n) is 3.71. The molecule has 29 heavy (non-hydrogen) atoms. The molecule has 1 aliphatic heterocycles. The van der Waals surface area contributed by atoms with E-state index in [2.05, 4.69) is 5.32 Å². The van der Waals surface area contributed by atoms with E-state index < -0.39 is 35.9 Å². The highest BCUT2D eigenvalue weighted by Gasteiger charge is 2.50. The Morgan fingerprint density at radius 1 is 1.07 bits per heavy atom. The van der Waals surface area contributed by atoms with E-state index in [0.717, 1.165) is 16.9 Å². The average molecular weight is 398 g/mol. The summed E-state index contributed by atoms with van der Waals surface area (Å²) in [6.07, 6.45) is 4.61. The zero-order chi connectivity index (χ0) is 21.1. The molecule has 0 bridgehead atoms. The van der Waals surface area contributed by atoms with Gasteiger partial charge in [-0.3, -0.25) is 19.3 Å². The van der Waals surface area contributed by atoms with Gasteiger partial charge in [-0.25, -0.2) is 4.79 Å². The first-order chi connectivity index (χ1) is 13.8. The number of rotatable bonds is 6. The van der Waals surface area contributed by atoms with E-state index in [1.807, 2.05) is 31.2 Å². The number of anilines is 1. The molecule has 0 saturated carbocycles. The van der Waals surface area contributed by atoms with Crippen molar-refractivity contribution in [1.82, 2.24) is 4.90 Å². The van der Waals surface area contributed by atoms with E-state index in [9.17, 15) is 19.2 Å². The number of nitrogens with one attached hydrogen (secondary N) is 1. The average Bonchev–Trinajstić information content (AvgIpc) is 2.98. The summed E-state index contributed by atoms with van der Waals surface area (Å²) in [5.74, 6) is -2.76. The molecular formula is C22H26N2O5. The van der Waals surface area contributed by atoms with Crippen LogP contribution in [0.1, 0.15) is 39.2 Å². The summed E-state index contributed by atoms with van der Waals surface area (Å²) in [7, 11) is 0. The SMILES string of the molecule is CCc1ccc(NC(=O)[C@H](C)OC(=O)[C@H](C)N2C(=O)[C@H]3CC=CC[C@@H]3C2=O)cc1. The van der Waals surface area contributed by atoms with Gasteiger partial charge in [-0.05, 0) is 50.8 Å². The lowest BCUT2D eigenvalue weighted by atomic mass is 9.85. The maximum Gasteiger partial charge on any atom is 0.329 e. The number of amides is 3. The van der Waals surface area contributed by atoms with E-state index in [0.29, 0.717) is 18.5 Å². The van der Waals surface area contributed by atoms with Crippen molar-refractivity contribution in [2.24, 2.45) is 11.8 Å². The van der Waals surface area contributed by atoms with Crippen molar-refractivity contribution in [3.63, 3.8) is 0 Å². The van der Waals surface area contributed by atoms with Crippen LogP contribution in [0.2, 0.25) is 0 Å². The molecule has 0 spiro atoms. The number of ether oxygens (including phenoxy) is 1. The zero-order valence-corrected chi connectivity index (χ0v) is 16.9. The smallest absolute Gasteiger partial charge is 0.329 e. The molecule has 2 aliphatic rings. The molecule has 0 unspecified atom stereocenters. The third kappa shape index (κ3) is 4.23. The maximum absolute atomic E-state index is 12.6. The third-order valence-electron chi connectivity index (χ3n) is 5.56. The summed E-state index contributed by atoms with van der Waals surface area (Å²) in [4.78, 5) is 51.0. The van der Waals surface area contributed by atoms with E-state index in [1.54, 1.807) is 12.1 Å². The van der Waals surface area contributed by atoms with Gasteiger partial charge in [0.1, 0.15) is 6.04 Å². The van der Waals surface area contributed by atoms with Crippen LogP contribution in [0.4, 0.5) is 5.69 Å². The van der Waals surface area contributed by atoms with E-state index >= 15 is 0 Å². The highest BCUT2D eigenvalue weighted by Crippen LogP contribution is 2.36. The Kier molecular flexibility index (Phi) is 6.15. The molecule has 1 saturated heterocycles. The van der Waals surface area contributed by atoms with Crippen LogP contribution in [-0.2, 0) is 30.3 Å². The van der Waals surface area contributed by atoms with Crippen LogP contribution in [0.15, 0.2) is 36.4 Å². The molecule has 1 N–H and O–H groups in total. The molecule has 1 fully saturated rings. The van der Waals surface area contributed by atoms with Gasteiger partial charge < -0.3 is 10.1 Å². The fraction of sp³-hybridized carbons (Fsp3) is 0.455. The lowest BCUT2D eigenvalue weighted by Crippen LogP contribution is -2.46. The summed E-state index contributed by atoms with van der Waals surface area (Å²) in [6.45, 7) is 4.95. The van der Waals surface area contributed by atoms with Crippen LogP contribution in [0, 0.1) is 11.8 Å². The largest absolute Gasteiger partial charge is 0.451 e. The first kappa shape index (κ1) is 20.8. The minimum Gasteiger partial charge on any atom is -0.451 e. The van der Waals surface area contributed by atoms with Crippen LogP contribution in [0.5, 0.6) is 0 Å². The molecule has 0 aromatic heterocycles. The molecule has 1 heterocycles. The van der Waals surface area contributed by atoms with Crippen molar-refractivity contribution in [2.75, 3.05) is 5.32 Å². The van der Waals surface area contributed by atoms with Crippen molar-refractivity contribution in [2.45, 2.75) is 52.2 Å². The number of likely N-dealkylation sites (tertiary alicyclic amines) is 1. The number of allylic oxidation sites excluding steroid dienone is 2.